The van der Waals surface area contributed by atoms with Gasteiger partial charge in [0, 0.05) is 5.33 Å². The topological polar surface area (TPSA) is 73.6 Å². The lowest BCUT2D eigenvalue weighted by molar-refractivity contribution is 0.0298. The minimum Gasteiger partial charge on any atom is -0.506 e. The molecule has 0 saturated carbocycles. The van der Waals surface area contributed by atoms with Crippen LogP contribution in [0.3, 0.4) is 0 Å². The lowest BCUT2D eigenvalue weighted by atomic mass is 10.1. The molecule has 0 aliphatic heterocycles. The van der Waals surface area contributed by atoms with Gasteiger partial charge in [0.25, 0.3) is 0 Å². The van der Waals surface area contributed by atoms with Gasteiger partial charge in [0.15, 0.2) is 0 Å². The first kappa shape index (κ1) is 11.9. The second-order valence-electron chi connectivity index (χ2n) is 2.70. The molecule has 2 atom stereocenters. The standard InChI is InChI=1S/C8H9Br2NO3/c9-3-5(13)8(14)7-4(12)1-2-6(10)11-7/h1-2,5,8,12-14H,3H2. The second-order valence-corrected chi connectivity index (χ2v) is 4.16. The summed E-state index contributed by atoms with van der Waals surface area (Å²) in [5.74, 6) is -0.138. The zero-order chi connectivity index (χ0) is 10.7. The average Bonchev–Trinajstić information content (AvgIpc) is 2.19. The highest BCUT2D eigenvalue weighted by molar-refractivity contribution is 9.10. The van der Waals surface area contributed by atoms with Gasteiger partial charge in [0.2, 0.25) is 0 Å². The number of aromatic nitrogens is 1. The number of halogens is 2. The van der Waals surface area contributed by atoms with E-state index in [1.54, 1.807) is 6.07 Å². The first-order chi connectivity index (χ1) is 6.56. The fourth-order valence-corrected chi connectivity index (χ4v) is 1.60. The van der Waals surface area contributed by atoms with Crippen molar-refractivity contribution >= 4 is 31.9 Å². The zero-order valence-electron chi connectivity index (χ0n) is 7.06. The third-order valence-corrected chi connectivity index (χ3v) is 2.78. The quantitative estimate of drug-likeness (QED) is 0.579. The molecule has 0 spiro atoms. The lowest BCUT2D eigenvalue weighted by Crippen LogP contribution is -2.20. The minimum absolute atomic E-state index is 0.0614. The maximum atomic E-state index is 9.57. The fourth-order valence-electron chi connectivity index (χ4n) is 0.927. The van der Waals surface area contributed by atoms with Crippen molar-refractivity contribution in [2.24, 2.45) is 0 Å². The van der Waals surface area contributed by atoms with Crippen LogP contribution in [-0.4, -0.2) is 31.7 Å². The van der Waals surface area contributed by atoms with Crippen LogP contribution < -0.4 is 0 Å². The van der Waals surface area contributed by atoms with Crippen molar-refractivity contribution in [2.45, 2.75) is 12.2 Å². The van der Waals surface area contributed by atoms with Gasteiger partial charge in [-0.3, -0.25) is 0 Å². The molecule has 0 aliphatic carbocycles. The summed E-state index contributed by atoms with van der Waals surface area (Å²) in [6.07, 6.45) is -2.20. The minimum atomic E-state index is -1.20. The third-order valence-electron chi connectivity index (χ3n) is 1.67. The van der Waals surface area contributed by atoms with E-state index >= 15 is 0 Å². The van der Waals surface area contributed by atoms with Crippen LogP contribution in [0.25, 0.3) is 0 Å². The summed E-state index contributed by atoms with van der Waals surface area (Å²) in [7, 11) is 0. The summed E-state index contributed by atoms with van der Waals surface area (Å²) < 4.78 is 0.492. The average molecular weight is 327 g/mol. The Morgan fingerprint density at radius 2 is 2.00 bits per heavy atom. The van der Waals surface area contributed by atoms with Crippen molar-refractivity contribution in [3.63, 3.8) is 0 Å². The van der Waals surface area contributed by atoms with Gasteiger partial charge in [-0.15, -0.1) is 0 Å². The molecule has 1 aromatic rings. The molecule has 2 unspecified atom stereocenters. The van der Waals surface area contributed by atoms with E-state index in [0.29, 0.717) is 4.60 Å². The van der Waals surface area contributed by atoms with Crippen LogP contribution in [0.4, 0.5) is 0 Å². The van der Waals surface area contributed by atoms with Gasteiger partial charge < -0.3 is 15.3 Å². The molecular formula is C8H9Br2NO3. The smallest absolute Gasteiger partial charge is 0.139 e. The van der Waals surface area contributed by atoms with Crippen LogP contribution in [0.1, 0.15) is 11.8 Å². The Morgan fingerprint density at radius 3 is 2.57 bits per heavy atom. The van der Waals surface area contributed by atoms with Gasteiger partial charge in [0.1, 0.15) is 22.2 Å². The number of nitrogens with zero attached hydrogens (tertiary/aromatic N) is 1. The number of rotatable bonds is 3. The number of hydrogen-bond donors (Lipinski definition) is 3. The molecule has 0 saturated heterocycles. The van der Waals surface area contributed by atoms with Crippen molar-refractivity contribution in [3.8, 4) is 5.75 Å². The van der Waals surface area contributed by atoms with Gasteiger partial charge in [0.05, 0.1) is 6.10 Å². The number of aliphatic hydroxyl groups is 2. The van der Waals surface area contributed by atoms with E-state index in [1.165, 1.54) is 6.07 Å². The van der Waals surface area contributed by atoms with E-state index in [0.717, 1.165) is 0 Å². The Balaban J connectivity index is 2.99. The molecule has 0 amide bonds. The van der Waals surface area contributed by atoms with Crippen molar-refractivity contribution in [1.29, 1.82) is 0 Å². The highest BCUT2D eigenvalue weighted by Crippen LogP contribution is 2.26. The Hall–Kier alpha value is -0.170. The molecule has 3 N–H and O–H groups in total. The van der Waals surface area contributed by atoms with Gasteiger partial charge in [-0.1, -0.05) is 15.9 Å². The Bertz CT molecular complexity index is 321. The van der Waals surface area contributed by atoms with Gasteiger partial charge in [-0.25, -0.2) is 4.98 Å². The molecule has 4 nitrogen and oxygen atoms in total. The van der Waals surface area contributed by atoms with E-state index in [1.807, 2.05) is 0 Å². The molecule has 78 valence electrons. The van der Waals surface area contributed by atoms with Crippen LogP contribution in [0.2, 0.25) is 0 Å². The molecule has 0 aromatic carbocycles. The Labute approximate surface area is 97.9 Å². The maximum Gasteiger partial charge on any atom is 0.139 e. The maximum absolute atomic E-state index is 9.57. The van der Waals surface area contributed by atoms with E-state index in [9.17, 15) is 15.3 Å². The molecule has 0 aliphatic rings. The number of aromatic hydroxyl groups is 1. The van der Waals surface area contributed by atoms with Crippen LogP contribution in [0, 0.1) is 0 Å². The van der Waals surface area contributed by atoms with Gasteiger partial charge >= 0.3 is 0 Å². The number of hydrogen-bond acceptors (Lipinski definition) is 4. The van der Waals surface area contributed by atoms with Crippen LogP contribution >= 0.6 is 31.9 Å². The van der Waals surface area contributed by atoms with Gasteiger partial charge in [-0.05, 0) is 28.1 Å². The van der Waals surface area contributed by atoms with Crippen LogP contribution in [0.5, 0.6) is 5.75 Å². The number of aliphatic hydroxyl groups excluding tert-OH is 2. The summed E-state index contributed by atoms with van der Waals surface area (Å²) >= 11 is 6.13. The summed E-state index contributed by atoms with van der Waals surface area (Å²) in [5.41, 5.74) is 0.0614. The predicted octanol–water partition coefficient (Wildman–Crippen LogP) is 1.34. The molecule has 1 rings (SSSR count). The monoisotopic (exact) mass is 325 g/mol. The summed E-state index contributed by atoms with van der Waals surface area (Å²) in [5, 5.41) is 28.5. The van der Waals surface area contributed by atoms with E-state index in [-0.39, 0.29) is 16.8 Å². The normalized spacial score (nSPS) is 15.1. The summed E-state index contributed by atoms with van der Waals surface area (Å²) in [6.45, 7) is 0. The summed E-state index contributed by atoms with van der Waals surface area (Å²) in [4.78, 5) is 3.88. The predicted molar refractivity (Wildman–Crippen MR) is 58.4 cm³/mol. The highest BCUT2D eigenvalue weighted by atomic mass is 79.9. The van der Waals surface area contributed by atoms with Crippen LogP contribution in [-0.2, 0) is 0 Å². The van der Waals surface area contributed by atoms with E-state index in [2.05, 4.69) is 36.8 Å². The number of alkyl halides is 1. The molecular weight excluding hydrogens is 318 g/mol. The molecule has 6 heteroatoms. The van der Waals surface area contributed by atoms with Crippen LogP contribution in [0.15, 0.2) is 16.7 Å². The fraction of sp³-hybridized carbons (Fsp3) is 0.375. The van der Waals surface area contributed by atoms with Crippen molar-refractivity contribution in [3.05, 3.63) is 22.4 Å². The first-order valence-electron chi connectivity index (χ1n) is 3.83. The molecule has 0 fully saturated rings. The molecule has 1 heterocycles. The largest absolute Gasteiger partial charge is 0.506 e. The molecule has 0 bridgehead atoms. The Morgan fingerprint density at radius 1 is 1.36 bits per heavy atom. The van der Waals surface area contributed by atoms with E-state index < -0.39 is 12.2 Å². The summed E-state index contributed by atoms with van der Waals surface area (Å²) in [6, 6.07) is 2.95. The second kappa shape index (κ2) is 5.06. The molecule has 14 heavy (non-hydrogen) atoms. The van der Waals surface area contributed by atoms with E-state index in [4.69, 9.17) is 0 Å². The third kappa shape index (κ3) is 2.66. The zero-order valence-corrected chi connectivity index (χ0v) is 10.2. The first-order valence-corrected chi connectivity index (χ1v) is 5.75. The molecule has 1 aromatic heterocycles. The van der Waals surface area contributed by atoms with Crippen molar-refractivity contribution in [2.75, 3.05) is 5.33 Å². The number of pyridine rings is 1. The highest BCUT2D eigenvalue weighted by Gasteiger charge is 2.21. The van der Waals surface area contributed by atoms with Crippen molar-refractivity contribution in [1.82, 2.24) is 4.98 Å². The Kier molecular flexibility index (Phi) is 4.31. The lowest BCUT2D eigenvalue weighted by Gasteiger charge is -2.15. The SMILES string of the molecule is Oc1ccc(Br)nc1C(O)C(O)CBr. The molecule has 0 radical (unpaired) electrons. The van der Waals surface area contributed by atoms with Gasteiger partial charge in [-0.2, -0.15) is 0 Å². The van der Waals surface area contributed by atoms with Crippen molar-refractivity contribution < 1.29 is 15.3 Å².